The van der Waals surface area contributed by atoms with Crippen LogP contribution in [0.25, 0.3) is 10.9 Å². The Morgan fingerprint density at radius 2 is 2.12 bits per heavy atom. The van der Waals surface area contributed by atoms with Gasteiger partial charge in [-0.3, -0.25) is 4.79 Å². The molecule has 2 aromatic carbocycles. The second-order valence-corrected chi connectivity index (χ2v) is 6.31. The highest BCUT2D eigenvalue weighted by molar-refractivity contribution is 9.10. The van der Waals surface area contributed by atoms with Crippen LogP contribution in [0, 0.1) is 0 Å². The molecule has 0 fully saturated rings. The number of nitrogens with one attached hydrogen (secondary N) is 2. The van der Waals surface area contributed by atoms with Gasteiger partial charge in [0.15, 0.2) is 0 Å². The number of halogens is 1. The van der Waals surface area contributed by atoms with Crippen molar-refractivity contribution in [1.82, 2.24) is 10.3 Å². The fourth-order valence-electron chi connectivity index (χ4n) is 2.59. The van der Waals surface area contributed by atoms with Gasteiger partial charge in [-0.05, 0) is 48.4 Å². The highest BCUT2D eigenvalue weighted by atomic mass is 79.9. The quantitative estimate of drug-likeness (QED) is 0.624. The SMILES string of the molecule is COc1ccc2[nH]cc(CCNC(=O)c3cc(Br)ccc3O)c2c1. The third kappa shape index (κ3) is 3.38. The van der Waals surface area contributed by atoms with Crippen LogP contribution < -0.4 is 10.1 Å². The van der Waals surface area contributed by atoms with Crippen LogP contribution in [0.5, 0.6) is 11.5 Å². The summed E-state index contributed by atoms with van der Waals surface area (Å²) in [7, 11) is 1.64. The molecule has 0 saturated carbocycles. The van der Waals surface area contributed by atoms with E-state index in [9.17, 15) is 9.90 Å². The van der Waals surface area contributed by atoms with Crippen LogP contribution in [-0.2, 0) is 6.42 Å². The van der Waals surface area contributed by atoms with Crippen molar-refractivity contribution in [3.05, 3.63) is 58.2 Å². The monoisotopic (exact) mass is 388 g/mol. The number of benzene rings is 2. The van der Waals surface area contributed by atoms with Crippen LogP contribution in [0.1, 0.15) is 15.9 Å². The van der Waals surface area contributed by atoms with Gasteiger partial charge in [-0.1, -0.05) is 15.9 Å². The summed E-state index contributed by atoms with van der Waals surface area (Å²) >= 11 is 3.30. The molecule has 1 amide bonds. The van der Waals surface area contributed by atoms with Crippen molar-refractivity contribution < 1.29 is 14.6 Å². The van der Waals surface area contributed by atoms with Gasteiger partial charge in [0.25, 0.3) is 5.91 Å². The zero-order valence-electron chi connectivity index (χ0n) is 13.1. The van der Waals surface area contributed by atoms with Crippen LogP contribution >= 0.6 is 15.9 Å². The second-order valence-electron chi connectivity index (χ2n) is 5.39. The number of phenols is 1. The Hall–Kier alpha value is -2.47. The Kier molecular flexibility index (Phi) is 4.76. The first kappa shape index (κ1) is 16.4. The first-order valence-corrected chi connectivity index (χ1v) is 8.28. The molecular formula is C18H17BrN2O3. The molecule has 124 valence electrons. The summed E-state index contributed by atoms with van der Waals surface area (Å²) in [5.41, 5.74) is 2.38. The number of carbonyl (C=O) groups excluding carboxylic acids is 1. The van der Waals surface area contributed by atoms with Gasteiger partial charge < -0.3 is 20.1 Å². The second kappa shape index (κ2) is 6.97. The van der Waals surface area contributed by atoms with E-state index >= 15 is 0 Å². The predicted molar refractivity (Wildman–Crippen MR) is 96.7 cm³/mol. The summed E-state index contributed by atoms with van der Waals surface area (Å²) < 4.78 is 6.00. The van der Waals surface area contributed by atoms with Crippen molar-refractivity contribution in [2.75, 3.05) is 13.7 Å². The molecule has 1 heterocycles. The van der Waals surface area contributed by atoms with E-state index < -0.39 is 0 Å². The van der Waals surface area contributed by atoms with Crippen molar-refractivity contribution in [1.29, 1.82) is 0 Å². The van der Waals surface area contributed by atoms with Gasteiger partial charge in [0, 0.05) is 28.1 Å². The van der Waals surface area contributed by atoms with E-state index in [0.29, 0.717) is 13.0 Å². The molecule has 3 N–H and O–H groups in total. The number of hydrogen-bond donors (Lipinski definition) is 3. The van der Waals surface area contributed by atoms with Crippen molar-refractivity contribution in [3.63, 3.8) is 0 Å². The van der Waals surface area contributed by atoms with Crippen LogP contribution in [-0.4, -0.2) is 29.7 Å². The molecule has 0 unspecified atom stereocenters. The minimum atomic E-state index is -0.300. The molecule has 24 heavy (non-hydrogen) atoms. The maximum Gasteiger partial charge on any atom is 0.255 e. The number of H-pyrrole nitrogens is 1. The fraction of sp³-hybridized carbons (Fsp3) is 0.167. The van der Waals surface area contributed by atoms with Gasteiger partial charge in [0.2, 0.25) is 0 Å². The summed E-state index contributed by atoms with van der Waals surface area (Å²) in [6, 6.07) is 10.6. The molecule has 3 aromatic rings. The highest BCUT2D eigenvalue weighted by Crippen LogP contribution is 2.24. The molecule has 5 nitrogen and oxygen atoms in total. The van der Waals surface area contributed by atoms with Crippen LogP contribution in [0.2, 0.25) is 0 Å². The van der Waals surface area contributed by atoms with Crippen LogP contribution in [0.3, 0.4) is 0 Å². The van der Waals surface area contributed by atoms with Gasteiger partial charge in [0.05, 0.1) is 12.7 Å². The lowest BCUT2D eigenvalue weighted by molar-refractivity contribution is 0.0951. The third-order valence-corrected chi connectivity index (χ3v) is 4.35. The Bertz CT molecular complexity index is 889. The van der Waals surface area contributed by atoms with E-state index in [1.807, 2.05) is 24.4 Å². The summed E-state index contributed by atoms with van der Waals surface area (Å²) in [5.74, 6) is 0.463. The van der Waals surface area contributed by atoms with E-state index in [0.717, 1.165) is 26.7 Å². The number of phenolic OH excluding ortho intramolecular Hbond substituents is 1. The van der Waals surface area contributed by atoms with Gasteiger partial charge in [0.1, 0.15) is 11.5 Å². The molecule has 0 atom stereocenters. The summed E-state index contributed by atoms with van der Waals surface area (Å²) in [6.45, 7) is 0.467. The summed E-state index contributed by atoms with van der Waals surface area (Å²) in [5, 5.41) is 13.7. The first-order valence-electron chi connectivity index (χ1n) is 7.49. The van der Waals surface area contributed by atoms with E-state index in [4.69, 9.17) is 4.74 Å². The molecule has 0 spiro atoms. The number of methoxy groups -OCH3 is 1. The number of ether oxygens (including phenoxy) is 1. The molecule has 0 saturated heterocycles. The average molecular weight is 389 g/mol. The summed E-state index contributed by atoms with van der Waals surface area (Å²) in [6.07, 6.45) is 2.61. The largest absolute Gasteiger partial charge is 0.507 e. The summed E-state index contributed by atoms with van der Waals surface area (Å²) in [4.78, 5) is 15.4. The van der Waals surface area contributed by atoms with Gasteiger partial charge in [-0.25, -0.2) is 0 Å². The minimum absolute atomic E-state index is 0.0347. The molecule has 0 aliphatic heterocycles. The van der Waals surface area contributed by atoms with Gasteiger partial charge in [-0.2, -0.15) is 0 Å². The minimum Gasteiger partial charge on any atom is -0.507 e. The lowest BCUT2D eigenvalue weighted by Crippen LogP contribution is -2.25. The third-order valence-electron chi connectivity index (χ3n) is 3.86. The molecule has 0 bridgehead atoms. The van der Waals surface area contributed by atoms with Crippen molar-refractivity contribution in [2.24, 2.45) is 0 Å². The number of hydrogen-bond acceptors (Lipinski definition) is 3. The zero-order valence-corrected chi connectivity index (χ0v) is 14.7. The number of fused-ring (bicyclic) bond motifs is 1. The number of aromatic nitrogens is 1. The molecular weight excluding hydrogens is 372 g/mol. The molecule has 0 aliphatic carbocycles. The standard InChI is InChI=1S/C18H17BrN2O3/c1-24-13-3-4-16-14(9-13)11(10-21-16)6-7-20-18(23)15-8-12(19)2-5-17(15)22/h2-5,8-10,21-22H,6-7H2,1H3,(H,20,23). The van der Waals surface area contributed by atoms with Crippen LogP contribution in [0.15, 0.2) is 47.1 Å². The predicted octanol–water partition coefficient (Wildman–Crippen LogP) is 3.62. The highest BCUT2D eigenvalue weighted by Gasteiger charge is 2.12. The van der Waals surface area contributed by atoms with Gasteiger partial charge in [-0.15, -0.1) is 0 Å². The lowest BCUT2D eigenvalue weighted by atomic mass is 10.1. The van der Waals surface area contributed by atoms with Crippen LogP contribution in [0.4, 0.5) is 0 Å². The fourth-order valence-corrected chi connectivity index (χ4v) is 2.95. The number of carbonyl (C=O) groups is 1. The van der Waals surface area contributed by atoms with Gasteiger partial charge >= 0.3 is 0 Å². The smallest absolute Gasteiger partial charge is 0.255 e. The molecule has 0 aliphatic rings. The number of amides is 1. The Balaban J connectivity index is 1.68. The van der Waals surface area contributed by atoms with Crippen molar-refractivity contribution in [2.45, 2.75) is 6.42 Å². The molecule has 0 radical (unpaired) electrons. The number of rotatable bonds is 5. The lowest BCUT2D eigenvalue weighted by Gasteiger charge is -2.07. The number of aromatic hydroxyl groups is 1. The maximum absolute atomic E-state index is 12.2. The van der Waals surface area contributed by atoms with E-state index in [1.165, 1.54) is 6.07 Å². The normalized spacial score (nSPS) is 10.8. The van der Waals surface area contributed by atoms with E-state index in [-0.39, 0.29) is 17.2 Å². The topological polar surface area (TPSA) is 74.3 Å². The van der Waals surface area contributed by atoms with E-state index in [2.05, 4.69) is 26.2 Å². The molecule has 1 aromatic heterocycles. The Labute approximate surface area is 147 Å². The average Bonchev–Trinajstić information content (AvgIpc) is 2.99. The molecule has 6 heteroatoms. The van der Waals surface area contributed by atoms with Crippen molar-refractivity contribution in [3.8, 4) is 11.5 Å². The number of aromatic amines is 1. The van der Waals surface area contributed by atoms with Crippen molar-refractivity contribution >= 4 is 32.7 Å². The molecule has 3 rings (SSSR count). The van der Waals surface area contributed by atoms with E-state index in [1.54, 1.807) is 19.2 Å². The zero-order chi connectivity index (χ0) is 17.1. The Morgan fingerprint density at radius 1 is 1.29 bits per heavy atom. The maximum atomic E-state index is 12.2. The Morgan fingerprint density at radius 3 is 2.92 bits per heavy atom. The first-order chi connectivity index (χ1) is 11.6.